The van der Waals surface area contributed by atoms with Crippen molar-refractivity contribution in [1.82, 2.24) is 0 Å². The number of nitrogens with zero attached hydrogens (tertiary/aromatic N) is 2. The van der Waals surface area contributed by atoms with Gasteiger partial charge in [-0.2, -0.15) is 0 Å². The highest BCUT2D eigenvalue weighted by atomic mass is 16.6. The van der Waals surface area contributed by atoms with Gasteiger partial charge in [-0.1, -0.05) is 13.8 Å². The minimum atomic E-state index is -0.646. The van der Waals surface area contributed by atoms with Crippen LogP contribution in [0.1, 0.15) is 32.3 Å². The molecule has 0 amide bonds. The summed E-state index contributed by atoms with van der Waals surface area (Å²) in [5.41, 5.74) is 5.79. The van der Waals surface area contributed by atoms with Gasteiger partial charge in [0.25, 0.3) is 11.4 Å². The quantitative estimate of drug-likeness (QED) is 0.650. The van der Waals surface area contributed by atoms with Crippen molar-refractivity contribution in [2.45, 2.75) is 32.7 Å². The first-order valence-corrected chi connectivity index (χ1v) is 5.94. The van der Waals surface area contributed by atoms with Crippen LogP contribution in [0.4, 0.5) is 11.4 Å². The predicted octanol–water partition coefficient (Wildman–Crippen LogP) is 2.59. The molecule has 2 N–H and O–H groups in total. The van der Waals surface area contributed by atoms with Crippen LogP contribution in [0.15, 0.2) is 18.2 Å². The molecule has 0 aromatic heterocycles. The Morgan fingerprint density at radius 3 is 2.05 bits per heavy atom. The molecule has 1 rings (SSSR count). The van der Waals surface area contributed by atoms with Crippen LogP contribution in [0.5, 0.6) is 0 Å². The summed E-state index contributed by atoms with van der Waals surface area (Å²) in [6.45, 7) is 5.61. The molecule has 0 saturated heterocycles. The third kappa shape index (κ3) is 3.25. The molecule has 0 aliphatic heterocycles. The Morgan fingerprint density at radius 1 is 1.11 bits per heavy atom. The Balaban J connectivity index is 3.41. The SMILES string of the molecule is CC(C)C(c1ccc([N+](=O)[O-])cc1[N+](=O)[O-])C(C)N. The lowest BCUT2D eigenvalue weighted by Crippen LogP contribution is -2.29. The van der Waals surface area contributed by atoms with Crippen molar-refractivity contribution in [3.63, 3.8) is 0 Å². The van der Waals surface area contributed by atoms with Gasteiger partial charge >= 0.3 is 0 Å². The number of hydrogen-bond acceptors (Lipinski definition) is 5. The van der Waals surface area contributed by atoms with Crippen LogP contribution in [-0.2, 0) is 0 Å². The van der Waals surface area contributed by atoms with Gasteiger partial charge in [0.05, 0.1) is 15.9 Å². The van der Waals surface area contributed by atoms with Crippen LogP contribution in [0.25, 0.3) is 0 Å². The molecule has 104 valence electrons. The monoisotopic (exact) mass is 267 g/mol. The molecule has 0 bridgehead atoms. The molecular formula is C12H17N3O4. The summed E-state index contributed by atoms with van der Waals surface area (Å²) in [5, 5.41) is 21.8. The maximum absolute atomic E-state index is 11.1. The average Bonchev–Trinajstić information content (AvgIpc) is 2.27. The normalized spacial score (nSPS) is 14.2. The van der Waals surface area contributed by atoms with E-state index in [1.54, 1.807) is 6.92 Å². The van der Waals surface area contributed by atoms with Gasteiger partial charge in [-0.15, -0.1) is 0 Å². The first kappa shape index (κ1) is 15.0. The van der Waals surface area contributed by atoms with Crippen molar-refractivity contribution in [2.24, 2.45) is 11.7 Å². The minimum absolute atomic E-state index is 0.0974. The lowest BCUT2D eigenvalue weighted by Gasteiger charge is -2.24. The molecule has 7 heteroatoms. The fourth-order valence-corrected chi connectivity index (χ4v) is 2.34. The first-order chi connectivity index (χ1) is 8.75. The molecule has 0 spiro atoms. The maximum Gasteiger partial charge on any atom is 0.279 e. The van der Waals surface area contributed by atoms with Gasteiger partial charge in [-0.05, 0) is 18.9 Å². The topological polar surface area (TPSA) is 112 Å². The van der Waals surface area contributed by atoms with E-state index in [0.717, 1.165) is 6.07 Å². The minimum Gasteiger partial charge on any atom is -0.327 e. The highest BCUT2D eigenvalue weighted by Gasteiger charge is 2.29. The van der Waals surface area contributed by atoms with E-state index in [9.17, 15) is 20.2 Å². The van der Waals surface area contributed by atoms with Gasteiger partial charge in [0.1, 0.15) is 0 Å². The molecule has 0 saturated carbocycles. The molecule has 7 nitrogen and oxygen atoms in total. The van der Waals surface area contributed by atoms with E-state index in [1.807, 2.05) is 13.8 Å². The van der Waals surface area contributed by atoms with Gasteiger partial charge < -0.3 is 5.73 Å². The molecule has 19 heavy (non-hydrogen) atoms. The van der Waals surface area contributed by atoms with Crippen molar-refractivity contribution >= 4 is 11.4 Å². The van der Waals surface area contributed by atoms with Gasteiger partial charge in [-0.3, -0.25) is 20.2 Å². The summed E-state index contributed by atoms with van der Waals surface area (Å²) in [7, 11) is 0. The van der Waals surface area contributed by atoms with E-state index >= 15 is 0 Å². The van der Waals surface area contributed by atoms with Crippen molar-refractivity contribution in [2.75, 3.05) is 0 Å². The fourth-order valence-electron chi connectivity index (χ4n) is 2.34. The number of benzene rings is 1. The molecule has 2 unspecified atom stereocenters. The van der Waals surface area contributed by atoms with Gasteiger partial charge in [0.15, 0.2) is 0 Å². The summed E-state index contributed by atoms with van der Waals surface area (Å²) in [6.07, 6.45) is 0. The second-order valence-electron chi connectivity index (χ2n) is 4.89. The zero-order chi connectivity index (χ0) is 14.7. The molecule has 2 atom stereocenters. The first-order valence-electron chi connectivity index (χ1n) is 5.94. The Hall–Kier alpha value is -2.02. The summed E-state index contributed by atoms with van der Waals surface area (Å²) >= 11 is 0. The number of rotatable bonds is 5. The summed E-state index contributed by atoms with van der Waals surface area (Å²) in [4.78, 5) is 20.5. The fraction of sp³-hybridized carbons (Fsp3) is 0.500. The Bertz CT molecular complexity index is 492. The Labute approximate surface area is 110 Å². The van der Waals surface area contributed by atoms with Crippen molar-refractivity contribution in [1.29, 1.82) is 0 Å². The number of nitro groups is 2. The van der Waals surface area contributed by atoms with Gasteiger partial charge in [-0.25, -0.2) is 0 Å². The van der Waals surface area contributed by atoms with E-state index < -0.39 is 9.85 Å². The second kappa shape index (κ2) is 5.75. The zero-order valence-electron chi connectivity index (χ0n) is 11.1. The largest absolute Gasteiger partial charge is 0.327 e. The highest BCUT2D eigenvalue weighted by molar-refractivity contribution is 5.51. The van der Waals surface area contributed by atoms with Gasteiger partial charge in [0.2, 0.25) is 0 Å². The molecule has 1 aromatic rings. The molecule has 1 aromatic carbocycles. The van der Waals surface area contributed by atoms with Crippen LogP contribution in [0.3, 0.4) is 0 Å². The zero-order valence-corrected chi connectivity index (χ0v) is 11.1. The van der Waals surface area contributed by atoms with E-state index in [4.69, 9.17) is 5.73 Å². The number of nitro benzene ring substituents is 2. The van der Waals surface area contributed by atoms with Crippen LogP contribution >= 0.6 is 0 Å². The second-order valence-corrected chi connectivity index (χ2v) is 4.89. The van der Waals surface area contributed by atoms with E-state index in [-0.39, 0.29) is 29.3 Å². The molecule has 0 radical (unpaired) electrons. The predicted molar refractivity (Wildman–Crippen MR) is 71.0 cm³/mol. The lowest BCUT2D eigenvalue weighted by atomic mass is 9.82. The van der Waals surface area contributed by atoms with E-state index in [2.05, 4.69) is 0 Å². The van der Waals surface area contributed by atoms with Crippen LogP contribution in [-0.4, -0.2) is 15.9 Å². The highest BCUT2D eigenvalue weighted by Crippen LogP contribution is 2.35. The average molecular weight is 267 g/mol. The molecule has 0 fully saturated rings. The number of non-ortho nitro benzene ring substituents is 1. The molecule has 0 aliphatic rings. The van der Waals surface area contributed by atoms with Crippen LogP contribution < -0.4 is 5.73 Å². The Morgan fingerprint density at radius 2 is 1.68 bits per heavy atom. The van der Waals surface area contributed by atoms with E-state index in [0.29, 0.717) is 5.56 Å². The lowest BCUT2D eigenvalue weighted by molar-refractivity contribution is -0.394. The number of nitrogens with two attached hydrogens (primary N) is 1. The third-order valence-corrected chi connectivity index (χ3v) is 3.07. The van der Waals surface area contributed by atoms with Crippen molar-refractivity contribution in [3.8, 4) is 0 Å². The molecule has 0 heterocycles. The number of hydrogen-bond donors (Lipinski definition) is 1. The smallest absolute Gasteiger partial charge is 0.279 e. The van der Waals surface area contributed by atoms with Crippen LogP contribution in [0, 0.1) is 26.1 Å². The third-order valence-electron chi connectivity index (χ3n) is 3.07. The molecule has 0 aliphatic carbocycles. The van der Waals surface area contributed by atoms with E-state index in [1.165, 1.54) is 12.1 Å². The summed E-state index contributed by atoms with van der Waals surface area (Å²) in [6, 6.07) is 3.43. The molecular weight excluding hydrogens is 250 g/mol. The maximum atomic E-state index is 11.1. The van der Waals surface area contributed by atoms with Crippen LogP contribution in [0.2, 0.25) is 0 Å². The summed E-state index contributed by atoms with van der Waals surface area (Å²) in [5.74, 6) is -0.124. The summed E-state index contributed by atoms with van der Waals surface area (Å²) < 4.78 is 0. The standard InChI is InChI=1S/C12H17N3O4/c1-7(2)12(8(3)13)10-5-4-9(14(16)17)6-11(10)15(18)19/h4-8,12H,13H2,1-3H3. The van der Waals surface area contributed by atoms with Crippen molar-refractivity contribution < 1.29 is 9.85 Å². The van der Waals surface area contributed by atoms with Crippen molar-refractivity contribution in [3.05, 3.63) is 44.0 Å². The Kier molecular flexibility index (Phi) is 4.55. The van der Waals surface area contributed by atoms with Gasteiger partial charge in [0, 0.05) is 23.6 Å².